The monoisotopic (exact) mass is 223 g/mol. The summed E-state index contributed by atoms with van der Waals surface area (Å²) in [7, 11) is 0. The largest absolute Gasteiger partial charge is 0.489 e. The Kier molecular flexibility index (Phi) is 3.74. The van der Waals surface area contributed by atoms with Crippen LogP contribution in [0.25, 0.3) is 0 Å². The highest BCUT2D eigenvalue weighted by atomic mass is 16.5. The molecule has 88 valence electrons. The van der Waals surface area contributed by atoms with E-state index >= 15 is 0 Å². The maximum atomic E-state index is 8.84. The number of rotatable bonds is 4. The molecule has 0 amide bonds. The fraction of sp³-hybridized carbons (Fsp3) is 0.583. The predicted molar refractivity (Wildman–Crippen MR) is 59.2 cm³/mol. The predicted octanol–water partition coefficient (Wildman–Crippen LogP) is 1.52. The summed E-state index contributed by atoms with van der Waals surface area (Å²) >= 11 is 0. The van der Waals surface area contributed by atoms with Crippen molar-refractivity contribution < 1.29 is 14.6 Å². The first-order valence-electron chi connectivity index (χ1n) is 5.62. The van der Waals surface area contributed by atoms with E-state index in [0.29, 0.717) is 18.4 Å². The van der Waals surface area contributed by atoms with Crippen molar-refractivity contribution in [1.82, 2.24) is 4.98 Å². The number of nitrogens with zero attached hydrogens (tertiary/aromatic N) is 1. The highest BCUT2D eigenvalue weighted by molar-refractivity contribution is 5.19. The van der Waals surface area contributed by atoms with E-state index in [9.17, 15) is 0 Å². The summed E-state index contributed by atoms with van der Waals surface area (Å²) in [5.74, 6) is 0.723. The van der Waals surface area contributed by atoms with E-state index in [-0.39, 0.29) is 12.7 Å². The first-order chi connectivity index (χ1) is 7.78. The Hall–Kier alpha value is -1.13. The molecule has 16 heavy (non-hydrogen) atoms. The van der Waals surface area contributed by atoms with E-state index in [0.717, 1.165) is 18.6 Å². The van der Waals surface area contributed by atoms with Crippen LogP contribution in [0, 0.1) is 0 Å². The number of aliphatic hydroxyl groups excluding tert-OH is 1. The van der Waals surface area contributed by atoms with Crippen molar-refractivity contribution in [2.75, 3.05) is 6.61 Å². The van der Waals surface area contributed by atoms with Crippen molar-refractivity contribution in [2.24, 2.45) is 0 Å². The average molecular weight is 223 g/mol. The average Bonchev–Trinajstić information content (AvgIpc) is 2.73. The van der Waals surface area contributed by atoms with E-state index in [1.165, 1.54) is 0 Å². The lowest BCUT2D eigenvalue weighted by molar-refractivity contribution is 0.0263. The maximum absolute atomic E-state index is 8.84. The molecule has 1 saturated heterocycles. The molecule has 0 spiro atoms. The molecule has 1 aliphatic heterocycles. The Morgan fingerprint density at radius 3 is 2.94 bits per heavy atom. The molecular weight excluding hydrogens is 206 g/mol. The smallest absolute Gasteiger partial charge is 0.137 e. The number of aromatic nitrogens is 1. The Labute approximate surface area is 95.2 Å². The Morgan fingerprint density at radius 2 is 2.38 bits per heavy atom. The molecule has 0 aromatic carbocycles. The van der Waals surface area contributed by atoms with Gasteiger partial charge in [-0.3, -0.25) is 4.98 Å². The SMILES string of the molecule is CC1CCC(COc2ccc(CO)nc2)O1. The molecule has 1 N–H and O–H groups in total. The second-order valence-corrected chi connectivity index (χ2v) is 4.10. The van der Waals surface area contributed by atoms with Gasteiger partial charge in [0.1, 0.15) is 12.4 Å². The van der Waals surface area contributed by atoms with Gasteiger partial charge in [0.2, 0.25) is 0 Å². The van der Waals surface area contributed by atoms with Crippen LogP contribution in [0.2, 0.25) is 0 Å². The molecule has 0 bridgehead atoms. The number of ether oxygens (including phenoxy) is 2. The van der Waals surface area contributed by atoms with E-state index in [4.69, 9.17) is 14.6 Å². The summed E-state index contributed by atoms with van der Waals surface area (Å²) in [4.78, 5) is 4.04. The van der Waals surface area contributed by atoms with Crippen molar-refractivity contribution in [3.8, 4) is 5.75 Å². The minimum Gasteiger partial charge on any atom is -0.489 e. The quantitative estimate of drug-likeness (QED) is 0.840. The van der Waals surface area contributed by atoms with Gasteiger partial charge in [-0.15, -0.1) is 0 Å². The third kappa shape index (κ3) is 2.93. The summed E-state index contributed by atoms with van der Waals surface area (Å²) in [6.07, 6.45) is 4.35. The molecule has 0 saturated carbocycles. The molecule has 1 fully saturated rings. The molecule has 2 unspecified atom stereocenters. The molecule has 2 atom stereocenters. The van der Waals surface area contributed by atoms with Gasteiger partial charge < -0.3 is 14.6 Å². The van der Waals surface area contributed by atoms with E-state index in [1.54, 1.807) is 12.3 Å². The van der Waals surface area contributed by atoms with Crippen molar-refractivity contribution in [1.29, 1.82) is 0 Å². The summed E-state index contributed by atoms with van der Waals surface area (Å²) in [5, 5.41) is 8.84. The van der Waals surface area contributed by atoms with Crippen molar-refractivity contribution in [3.63, 3.8) is 0 Å². The van der Waals surface area contributed by atoms with Crippen LogP contribution in [0.3, 0.4) is 0 Å². The lowest BCUT2D eigenvalue weighted by atomic mass is 10.2. The third-order valence-electron chi connectivity index (χ3n) is 2.72. The summed E-state index contributed by atoms with van der Waals surface area (Å²) in [6, 6.07) is 3.57. The van der Waals surface area contributed by atoms with Gasteiger partial charge in [0.05, 0.1) is 30.7 Å². The van der Waals surface area contributed by atoms with Gasteiger partial charge in [-0.25, -0.2) is 0 Å². The van der Waals surface area contributed by atoms with E-state index in [1.807, 2.05) is 6.07 Å². The van der Waals surface area contributed by atoms with Crippen LogP contribution in [0.1, 0.15) is 25.5 Å². The molecule has 2 heterocycles. The number of hydrogen-bond donors (Lipinski definition) is 1. The Morgan fingerprint density at radius 1 is 1.50 bits per heavy atom. The molecule has 4 heteroatoms. The van der Waals surface area contributed by atoms with Gasteiger partial charge >= 0.3 is 0 Å². The van der Waals surface area contributed by atoms with Crippen molar-refractivity contribution in [2.45, 2.75) is 38.6 Å². The zero-order chi connectivity index (χ0) is 11.4. The van der Waals surface area contributed by atoms with Crippen molar-refractivity contribution in [3.05, 3.63) is 24.0 Å². The second kappa shape index (κ2) is 5.27. The number of hydrogen-bond acceptors (Lipinski definition) is 4. The molecule has 0 aliphatic carbocycles. The van der Waals surface area contributed by atoms with Gasteiger partial charge in [-0.05, 0) is 31.9 Å². The number of aliphatic hydroxyl groups is 1. The van der Waals surface area contributed by atoms with Gasteiger partial charge in [0.25, 0.3) is 0 Å². The Bertz CT molecular complexity index is 326. The lowest BCUT2D eigenvalue weighted by Crippen LogP contribution is -2.17. The minimum atomic E-state index is -0.0382. The van der Waals surface area contributed by atoms with Gasteiger partial charge in [-0.2, -0.15) is 0 Å². The van der Waals surface area contributed by atoms with Crippen LogP contribution < -0.4 is 4.74 Å². The van der Waals surface area contributed by atoms with Crippen LogP contribution in [0.4, 0.5) is 0 Å². The molecule has 1 aliphatic rings. The van der Waals surface area contributed by atoms with Crippen LogP contribution in [-0.2, 0) is 11.3 Å². The van der Waals surface area contributed by atoms with Crippen LogP contribution in [0.15, 0.2) is 18.3 Å². The topological polar surface area (TPSA) is 51.6 Å². The highest BCUT2D eigenvalue weighted by Gasteiger charge is 2.22. The van der Waals surface area contributed by atoms with Crippen LogP contribution in [-0.4, -0.2) is 28.9 Å². The first kappa shape index (κ1) is 11.4. The summed E-state index contributed by atoms with van der Waals surface area (Å²) in [5.41, 5.74) is 0.651. The first-order valence-corrected chi connectivity index (χ1v) is 5.62. The van der Waals surface area contributed by atoms with Crippen molar-refractivity contribution >= 4 is 0 Å². The Balaban J connectivity index is 1.80. The molecule has 1 aromatic rings. The maximum Gasteiger partial charge on any atom is 0.137 e. The standard InChI is InChI=1S/C12H17NO3/c1-9-2-4-12(16-9)8-15-11-5-3-10(7-14)13-6-11/h3,5-6,9,12,14H,2,4,7-8H2,1H3. The normalized spacial score (nSPS) is 24.6. The fourth-order valence-corrected chi connectivity index (χ4v) is 1.79. The zero-order valence-electron chi connectivity index (χ0n) is 9.43. The summed E-state index contributed by atoms with van der Waals surface area (Å²) in [6.45, 7) is 2.62. The molecule has 2 rings (SSSR count). The molecule has 0 radical (unpaired) electrons. The minimum absolute atomic E-state index is 0.0382. The molecule has 4 nitrogen and oxygen atoms in total. The van der Waals surface area contributed by atoms with E-state index in [2.05, 4.69) is 11.9 Å². The number of pyridine rings is 1. The molecular formula is C12H17NO3. The van der Waals surface area contributed by atoms with Gasteiger partial charge in [0.15, 0.2) is 0 Å². The third-order valence-corrected chi connectivity index (χ3v) is 2.72. The lowest BCUT2D eigenvalue weighted by Gasteiger charge is -2.12. The van der Waals surface area contributed by atoms with Gasteiger partial charge in [-0.1, -0.05) is 0 Å². The second-order valence-electron chi connectivity index (χ2n) is 4.10. The zero-order valence-corrected chi connectivity index (χ0v) is 9.43. The van der Waals surface area contributed by atoms with Crippen LogP contribution in [0.5, 0.6) is 5.75 Å². The van der Waals surface area contributed by atoms with Crippen LogP contribution >= 0.6 is 0 Å². The fourth-order valence-electron chi connectivity index (χ4n) is 1.79. The summed E-state index contributed by atoms with van der Waals surface area (Å²) < 4.78 is 11.2. The van der Waals surface area contributed by atoms with Gasteiger partial charge in [0, 0.05) is 0 Å². The molecule has 1 aromatic heterocycles. The van der Waals surface area contributed by atoms with E-state index < -0.39 is 0 Å². The highest BCUT2D eigenvalue weighted by Crippen LogP contribution is 2.20.